The Hall–Kier alpha value is -1.92. The molecule has 0 unspecified atom stereocenters. The van der Waals surface area contributed by atoms with Crippen LogP contribution in [0.4, 0.5) is 5.69 Å². The molecule has 1 aliphatic carbocycles. The van der Waals surface area contributed by atoms with Gasteiger partial charge in [-0.15, -0.1) is 0 Å². The highest BCUT2D eigenvalue weighted by atomic mass is 16.5. The second-order valence-electron chi connectivity index (χ2n) is 11.2. The minimum absolute atomic E-state index is 0.140. The van der Waals surface area contributed by atoms with Crippen LogP contribution in [0.2, 0.25) is 0 Å². The first-order valence-electron chi connectivity index (χ1n) is 13.2. The van der Waals surface area contributed by atoms with E-state index in [-0.39, 0.29) is 24.2 Å². The zero-order valence-corrected chi connectivity index (χ0v) is 20.9. The van der Waals surface area contributed by atoms with Crippen molar-refractivity contribution >= 4 is 5.69 Å². The number of piperidine rings is 1. The zero-order valence-electron chi connectivity index (χ0n) is 20.9. The molecule has 0 spiro atoms. The first-order chi connectivity index (χ1) is 16.4. The third-order valence-electron chi connectivity index (χ3n) is 8.27. The maximum atomic E-state index is 9.25. The number of nitrogens with two attached hydrogens (primary N) is 1. The molecule has 1 saturated heterocycles. The molecule has 3 aliphatic rings. The van der Waals surface area contributed by atoms with Crippen molar-refractivity contribution in [3.8, 4) is 11.1 Å². The van der Waals surface area contributed by atoms with Crippen LogP contribution in [0.5, 0.6) is 0 Å². The van der Waals surface area contributed by atoms with Crippen molar-refractivity contribution < 1.29 is 9.84 Å². The van der Waals surface area contributed by atoms with Crippen molar-refractivity contribution in [2.24, 2.45) is 5.73 Å². The smallest absolute Gasteiger partial charge is 0.0730 e. The molecule has 5 rings (SSSR count). The Morgan fingerprint density at radius 3 is 2.41 bits per heavy atom. The Morgan fingerprint density at radius 1 is 1.00 bits per heavy atom. The lowest BCUT2D eigenvalue weighted by atomic mass is 9.85. The summed E-state index contributed by atoms with van der Waals surface area (Å²) in [5.41, 5.74) is 12.9. The van der Waals surface area contributed by atoms with Gasteiger partial charge >= 0.3 is 0 Å². The van der Waals surface area contributed by atoms with E-state index in [0.29, 0.717) is 12.6 Å². The van der Waals surface area contributed by atoms with Crippen LogP contribution in [0.15, 0.2) is 42.5 Å². The molecule has 0 radical (unpaired) electrons. The van der Waals surface area contributed by atoms with Gasteiger partial charge < -0.3 is 25.4 Å². The highest BCUT2D eigenvalue weighted by Crippen LogP contribution is 2.44. The summed E-state index contributed by atoms with van der Waals surface area (Å²) < 4.78 is 6.08. The average molecular weight is 464 g/mol. The van der Waals surface area contributed by atoms with Gasteiger partial charge in [-0.2, -0.15) is 0 Å². The number of ether oxygens (including phenoxy) is 1. The third-order valence-corrected chi connectivity index (χ3v) is 8.27. The Kier molecular flexibility index (Phi) is 6.99. The number of hydrogen-bond donors (Lipinski definition) is 2. The van der Waals surface area contributed by atoms with E-state index in [4.69, 9.17) is 10.5 Å². The standard InChI is InChI=1S/C29H41N3O2/c1-29(2)20-32(24-12-14-31(15-13-24)16-17-33)27-11-10-23(18-25(27)29)22-8-6-21(7-9-22)19-34-28-5-3-4-26(28)30/h6-11,18,24,26,28,33H,3-5,12-17,19-20,30H2,1-2H3/t26-,28-/m0/s1. The van der Waals surface area contributed by atoms with Crippen molar-refractivity contribution in [3.05, 3.63) is 53.6 Å². The number of aliphatic hydroxyl groups is 1. The lowest BCUT2D eigenvalue weighted by Crippen LogP contribution is -2.46. The topological polar surface area (TPSA) is 62.0 Å². The maximum Gasteiger partial charge on any atom is 0.0730 e. The monoisotopic (exact) mass is 463 g/mol. The van der Waals surface area contributed by atoms with E-state index in [1.54, 1.807) is 0 Å². The molecule has 2 fully saturated rings. The maximum absolute atomic E-state index is 9.25. The van der Waals surface area contributed by atoms with E-state index < -0.39 is 0 Å². The molecule has 0 aromatic heterocycles. The van der Waals surface area contributed by atoms with Crippen molar-refractivity contribution in [1.82, 2.24) is 4.90 Å². The van der Waals surface area contributed by atoms with Crippen molar-refractivity contribution in [1.29, 1.82) is 0 Å². The number of hydrogen-bond acceptors (Lipinski definition) is 5. The third kappa shape index (κ3) is 4.90. The Balaban J connectivity index is 1.28. The predicted octanol–water partition coefficient (Wildman–Crippen LogP) is 4.30. The van der Waals surface area contributed by atoms with Crippen LogP contribution in [0.3, 0.4) is 0 Å². The molecule has 1 saturated carbocycles. The highest BCUT2D eigenvalue weighted by molar-refractivity contribution is 5.73. The largest absolute Gasteiger partial charge is 0.395 e. The molecule has 2 heterocycles. The van der Waals surface area contributed by atoms with Gasteiger partial charge in [-0.25, -0.2) is 0 Å². The van der Waals surface area contributed by atoms with E-state index in [9.17, 15) is 5.11 Å². The Labute approximate surface area is 204 Å². The first-order valence-corrected chi connectivity index (χ1v) is 13.2. The molecule has 0 bridgehead atoms. The molecular formula is C29H41N3O2. The summed E-state index contributed by atoms with van der Waals surface area (Å²) in [4.78, 5) is 5.04. The predicted molar refractivity (Wildman–Crippen MR) is 139 cm³/mol. The number of β-amino-alcohol motifs (C(OH)–C–C–N with tert-alkyl or cyclic N) is 1. The van der Waals surface area contributed by atoms with Crippen LogP contribution >= 0.6 is 0 Å². The molecule has 2 aromatic carbocycles. The molecule has 184 valence electrons. The summed E-state index contributed by atoms with van der Waals surface area (Å²) in [7, 11) is 0. The fourth-order valence-electron chi connectivity index (χ4n) is 6.18. The summed E-state index contributed by atoms with van der Waals surface area (Å²) in [6.07, 6.45) is 5.91. The van der Waals surface area contributed by atoms with E-state index in [2.05, 4.69) is 66.1 Å². The van der Waals surface area contributed by atoms with Crippen LogP contribution < -0.4 is 10.6 Å². The summed E-state index contributed by atoms with van der Waals surface area (Å²) in [6, 6.07) is 16.7. The average Bonchev–Trinajstić information content (AvgIpc) is 3.38. The molecule has 2 aromatic rings. The van der Waals surface area contributed by atoms with E-state index in [1.807, 2.05) is 0 Å². The normalized spacial score (nSPS) is 25.1. The van der Waals surface area contributed by atoms with Crippen LogP contribution in [0, 0.1) is 0 Å². The number of anilines is 1. The second-order valence-corrected chi connectivity index (χ2v) is 11.2. The number of fused-ring (bicyclic) bond motifs is 1. The van der Waals surface area contributed by atoms with Gasteiger partial charge in [-0.1, -0.05) is 44.2 Å². The van der Waals surface area contributed by atoms with E-state index in [1.165, 1.54) is 47.2 Å². The molecule has 0 amide bonds. The van der Waals surface area contributed by atoms with Gasteiger partial charge in [0.15, 0.2) is 0 Å². The van der Waals surface area contributed by atoms with Crippen molar-refractivity contribution in [3.63, 3.8) is 0 Å². The molecule has 5 nitrogen and oxygen atoms in total. The SMILES string of the molecule is CC1(C)CN(C2CCN(CCO)CC2)c2ccc(-c3ccc(CO[C@H]4CCC[C@@H]4N)cc3)cc21. The number of aliphatic hydroxyl groups excluding tert-OH is 1. The summed E-state index contributed by atoms with van der Waals surface area (Å²) in [6.45, 7) is 9.71. The van der Waals surface area contributed by atoms with Crippen LogP contribution in [-0.2, 0) is 16.8 Å². The quantitative estimate of drug-likeness (QED) is 0.641. The fraction of sp³-hybridized carbons (Fsp3) is 0.586. The second kappa shape index (κ2) is 9.98. The van der Waals surface area contributed by atoms with Crippen LogP contribution in [-0.4, -0.2) is 61.0 Å². The summed E-state index contributed by atoms with van der Waals surface area (Å²) >= 11 is 0. The number of nitrogens with zero attached hydrogens (tertiary/aromatic N) is 2. The van der Waals surface area contributed by atoms with Gasteiger partial charge in [0, 0.05) is 49.4 Å². The summed E-state index contributed by atoms with van der Waals surface area (Å²) in [5, 5.41) is 9.25. The Morgan fingerprint density at radius 2 is 1.74 bits per heavy atom. The molecular weight excluding hydrogens is 422 g/mol. The van der Waals surface area contributed by atoms with Gasteiger partial charge in [0.25, 0.3) is 0 Å². The fourth-order valence-corrected chi connectivity index (χ4v) is 6.18. The molecule has 2 aliphatic heterocycles. The van der Waals surface area contributed by atoms with Gasteiger partial charge in [-0.3, -0.25) is 0 Å². The minimum Gasteiger partial charge on any atom is -0.395 e. The highest BCUT2D eigenvalue weighted by Gasteiger charge is 2.39. The molecule has 2 atom stereocenters. The van der Waals surface area contributed by atoms with Crippen molar-refractivity contribution in [2.75, 3.05) is 37.7 Å². The molecule has 3 N–H and O–H groups in total. The van der Waals surface area contributed by atoms with Crippen LogP contribution in [0.25, 0.3) is 11.1 Å². The minimum atomic E-state index is 0.140. The number of benzene rings is 2. The van der Waals surface area contributed by atoms with Gasteiger partial charge in [0.2, 0.25) is 0 Å². The van der Waals surface area contributed by atoms with E-state index >= 15 is 0 Å². The first kappa shape index (κ1) is 23.8. The number of rotatable bonds is 7. The lowest BCUT2D eigenvalue weighted by Gasteiger charge is -2.38. The van der Waals surface area contributed by atoms with Gasteiger partial charge in [0.1, 0.15) is 0 Å². The zero-order chi connectivity index (χ0) is 23.7. The summed E-state index contributed by atoms with van der Waals surface area (Å²) in [5.74, 6) is 0. The lowest BCUT2D eigenvalue weighted by molar-refractivity contribution is 0.0357. The molecule has 34 heavy (non-hydrogen) atoms. The van der Waals surface area contributed by atoms with Gasteiger partial charge in [-0.05, 0) is 66.5 Å². The van der Waals surface area contributed by atoms with Gasteiger partial charge in [0.05, 0.1) is 19.3 Å². The number of likely N-dealkylation sites (tertiary alicyclic amines) is 1. The van der Waals surface area contributed by atoms with Crippen molar-refractivity contribution in [2.45, 2.75) is 76.2 Å². The van der Waals surface area contributed by atoms with Crippen LogP contribution in [0.1, 0.15) is 57.1 Å². The van der Waals surface area contributed by atoms with E-state index in [0.717, 1.165) is 39.0 Å². The molecule has 5 heteroatoms. The Bertz CT molecular complexity index is 966.